The van der Waals surface area contributed by atoms with E-state index in [1.807, 2.05) is 0 Å². The van der Waals surface area contributed by atoms with Gasteiger partial charge in [0.05, 0.1) is 11.6 Å². The molecule has 1 amide bonds. The number of amides is 1. The Morgan fingerprint density at radius 1 is 1.16 bits per heavy atom. The molecule has 0 aliphatic heterocycles. The van der Waals surface area contributed by atoms with Gasteiger partial charge < -0.3 is 31.9 Å². The molecule has 3 aliphatic carbocycles. The number of benzene rings is 1. The van der Waals surface area contributed by atoms with Crippen molar-refractivity contribution in [1.29, 1.82) is 0 Å². The van der Waals surface area contributed by atoms with Crippen molar-refractivity contribution < 1.29 is 39.6 Å². The molecule has 8 N–H and O–H groups in total. The first-order valence-electron chi connectivity index (χ1n) is 9.52. The Hall–Kier alpha value is -3.50. The number of phenolic OH excluding ortho intramolecular Hbond substituents is 1. The zero-order chi connectivity index (χ0) is 23.0. The quantitative estimate of drug-likeness (QED) is 0.267. The monoisotopic (exact) mass is 428 g/mol. The molecule has 1 aromatic rings. The fourth-order valence-corrected chi connectivity index (χ4v) is 5.05. The van der Waals surface area contributed by atoms with E-state index in [4.69, 9.17) is 11.5 Å². The maximum absolute atomic E-state index is 13.4. The first-order chi connectivity index (χ1) is 14.4. The smallest absolute Gasteiger partial charge is 0.255 e. The molecule has 1 saturated carbocycles. The molecule has 162 valence electrons. The van der Waals surface area contributed by atoms with E-state index in [0.29, 0.717) is 5.56 Å². The number of phenols is 1. The van der Waals surface area contributed by atoms with Crippen molar-refractivity contribution in [3.63, 3.8) is 0 Å². The number of carbonyl (C=O) groups is 4. The molecular formula is C21H20N2O8. The van der Waals surface area contributed by atoms with E-state index in [2.05, 4.69) is 0 Å². The predicted octanol–water partition coefficient (Wildman–Crippen LogP) is -0.436. The number of carbonyl (C=O) groups excluding carboxylic acids is 4. The van der Waals surface area contributed by atoms with Gasteiger partial charge in [0, 0.05) is 17.1 Å². The van der Waals surface area contributed by atoms with Crippen LogP contribution >= 0.6 is 0 Å². The van der Waals surface area contributed by atoms with Gasteiger partial charge >= 0.3 is 0 Å². The first kappa shape index (κ1) is 20.8. The fourth-order valence-electron chi connectivity index (χ4n) is 5.05. The molecule has 3 aliphatic rings. The summed E-state index contributed by atoms with van der Waals surface area (Å²) in [5.41, 5.74) is 7.52. The Kier molecular flexibility index (Phi) is 4.35. The number of aliphatic hydroxyl groups is 3. The zero-order valence-electron chi connectivity index (χ0n) is 16.4. The summed E-state index contributed by atoms with van der Waals surface area (Å²) >= 11 is 0. The summed E-state index contributed by atoms with van der Waals surface area (Å²) in [4.78, 5) is 49.6. The van der Waals surface area contributed by atoms with E-state index in [1.54, 1.807) is 0 Å². The molecule has 31 heavy (non-hydrogen) atoms. The third kappa shape index (κ3) is 2.52. The highest BCUT2D eigenvalue weighted by atomic mass is 16.3. The number of fused-ring (bicyclic) bond motifs is 3. The lowest BCUT2D eigenvalue weighted by Crippen LogP contribution is -2.65. The standard InChI is InChI=1S/C21H20N2O8/c1-6(24)8-2-3-11(25)13-9(8)4-7-5-10-15(22)17(27)14(20(23)30)19(29)21(10,31)18(28)12(7)16(13)26/h2-3,7,10,15,25-26,29,31H,4-5,22H2,1H3,(H2,23,30)/t7-,10-,15-,21-/m0/s1. The minimum atomic E-state index is -2.75. The molecule has 0 bridgehead atoms. The van der Waals surface area contributed by atoms with Gasteiger partial charge in [-0.05, 0) is 43.4 Å². The van der Waals surface area contributed by atoms with Gasteiger partial charge in [0.1, 0.15) is 22.8 Å². The molecule has 10 nitrogen and oxygen atoms in total. The minimum Gasteiger partial charge on any atom is -0.508 e. The summed E-state index contributed by atoms with van der Waals surface area (Å²) in [7, 11) is 0. The Labute approximate surface area is 175 Å². The van der Waals surface area contributed by atoms with Gasteiger partial charge in [-0.2, -0.15) is 0 Å². The van der Waals surface area contributed by atoms with Crippen LogP contribution in [-0.4, -0.2) is 55.3 Å². The van der Waals surface area contributed by atoms with Crippen molar-refractivity contribution >= 4 is 29.0 Å². The molecule has 0 unspecified atom stereocenters. The van der Waals surface area contributed by atoms with Gasteiger partial charge in [-0.3, -0.25) is 19.2 Å². The summed E-state index contributed by atoms with van der Waals surface area (Å²) in [6.45, 7) is 1.32. The lowest BCUT2D eigenvalue weighted by Gasteiger charge is -2.48. The summed E-state index contributed by atoms with van der Waals surface area (Å²) < 4.78 is 0. The Morgan fingerprint density at radius 3 is 2.39 bits per heavy atom. The first-order valence-corrected chi connectivity index (χ1v) is 9.52. The zero-order valence-corrected chi connectivity index (χ0v) is 16.4. The van der Waals surface area contributed by atoms with Crippen molar-refractivity contribution in [2.24, 2.45) is 23.3 Å². The Bertz CT molecular complexity index is 1160. The normalized spacial score (nSPS) is 30.0. The highest BCUT2D eigenvalue weighted by molar-refractivity contribution is 6.24. The van der Waals surface area contributed by atoms with E-state index in [1.165, 1.54) is 19.1 Å². The number of nitrogens with two attached hydrogens (primary N) is 2. The molecule has 0 aromatic heterocycles. The van der Waals surface area contributed by atoms with Crippen molar-refractivity contribution in [1.82, 2.24) is 0 Å². The van der Waals surface area contributed by atoms with Crippen LogP contribution in [0.25, 0.3) is 5.76 Å². The molecule has 1 fully saturated rings. The molecular weight excluding hydrogens is 408 g/mol. The van der Waals surface area contributed by atoms with Crippen LogP contribution in [0, 0.1) is 11.8 Å². The van der Waals surface area contributed by atoms with Crippen LogP contribution in [0.2, 0.25) is 0 Å². The largest absolute Gasteiger partial charge is 0.508 e. The van der Waals surface area contributed by atoms with E-state index >= 15 is 0 Å². The molecule has 0 radical (unpaired) electrons. The number of primary amides is 1. The number of hydrogen-bond donors (Lipinski definition) is 6. The number of hydrogen-bond acceptors (Lipinski definition) is 9. The number of rotatable bonds is 2. The third-order valence-corrected chi connectivity index (χ3v) is 6.51. The van der Waals surface area contributed by atoms with E-state index in [-0.39, 0.29) is 41.1 Å². The van der Waals surface area contributed by atoms with Crippen LogP contribution in [0.3, 0.4) is 0 Å². The molecule has 0 heterocycles. The maximum atomic E-state index is 13.4. The van der Waals surface area contributed by atoms with Gasteiger partial charge in [-0.15, -0.1) is 0 Å². The van der Waals surface area contributed by atoms with Crippen LogP contribution in [0.1, 0.15) is 34.8 Å². The molecule has 0 spiro atoms. The van der Waals surface area contributed by atoms with Gasteiger partial charge in [0.15, 0.2) is 17.2 Å². The molecule has 1 aromatic carbocycles. The number of Topliss-reactive ketones (excluding diaryl/α,β-unsaturated/α-hetero) is 3. The van der Waals surface area contributed by atoms with Crippen LogP contribution in [-0.2, 0) is 20.8 Å². The van der Waals surface area contributed by atoms with Gasteiger partial charge in [0.2, 0.25) is 5.78 Å². The number of ketones is 3. The summed E-state index contributed by atoms with van der Waals surface area (Å²) in [5.74, 6) is -8.10. The average molecular weight is 428 g/mol. The van der Waals surface area contributed by atoms with Crippen LogP contribution in [0.4, 0.5) is 0 Å². The molecule has 4 atom stereocenters. The van der Waals surface area contributed by atoms with Crippen molar-refractivity contribution in [2.45, 2.75) is 31.4 Å². The van der Waals surface area contributed by atoms with Crippen molar-refractivity contribution in [2.75, 3.05) is 0 Å². The highest BCUT2D eigenvalue weighted by Crippen LogP contribution is 2.52. The molecule has 0 saturated heterocycles. The molecule has 4 rings (SSSR count). The van der Waals surface area contributed by atoms with Gasteiger partial charge in [-0.25, -0.2) is 0 Å². The molecule has 10 heteroatoms. The second-order valence-corrected chi connectivity index (χ2v) is 8.12. The second-order valence-electron chi connectivity index (χ2n) is 8.12. The maximum Gasteiger partial charge on any atom is 0.255 e. The Balaban J connectivity index is 1.98. The fraction of sp³-hybridized carbons (Fsp3) is 0.333. The number of aromatic hydroxyl groups is 1. The van der Waals surface area contributed by atoms with Crippen LogP contribution < -0.4 is 11.5 Å². The summed E-state index contributed by atoms with van der Waals surface area (Å²) in [6, 6.07) is 1.10. The summed E-state index contributed by atoms with van der Waals surface area (Å²) in [5, 5.41) is 42.9. The second kappa shape index (κ2) is 6.50. The lowest BCUT2D eigenvalue weighted by atomic mass is 9.57. The Morgan fingerprint density at radius 2 is 1.81 bits per heavy atom. The van der Waals surface area contributed by atoms with E-state index in [9.17, 15) is 39.6 Å². The topological polar surface area (TPSA) is 201 Å². The van der Waals surface area contributed by atoms with Crippen LogP contribution in [0.5, 0.6) is 5.75 Å². The minimum absolute atomic E-state index is 0.0461. The van der Waals surface area contributed by atoms with Gasteiger partial charge in [0.25, 0.3) is 5.91 Å². The van der Waals surface area contributed by atoms with Crippen molar-refractivity contribution in [3.8, 4) is 5.75 Å². The highest BCUT2D eigenvalue weighted by Gasteiger charge is 2.63. The SMILES string of the molecule is CC(=O)c1ccc(O)c2c1C[C@H]1C[C@H]3[C@H](N)C(=O)C(C(N)=O)=C(O)[C@@]3(O)C(=O)C1=C2O. The average Bonchev–Trinajstić information content (AvgIpc) is 2.68. The van der Waals surface area contributed by atoms with Crippen molar-refractivity contribution in [3.05, 3.63) is 45.7 Å². The van der Waals surface area contributed by atoms with E-state index < -0.39 is 58.0 Å². The summed E-state index contributed by atoms with van der Waals surface area (Å²) in [6.07, 6.45) is -0.0680. The number of aliphatic hydroxyl groups excluding tert-OH is 2. The predicted molar refractivity (Wildman–Crippen MR) is 105 cm³/mol. The van der Waals surface area contributed by atoms with E-state index in [0.717, 1.165) is 0 Å². The van der Waals surface area contributed by atoms with Crippen LogP contribution in [0.15, 0.2) is 29.0 Å². The third-order valence-electron chi connectivity index (χ3n) is 6.51. The lowest BCUT2D eigenvalue weighted by molar-refractivity contribution is -0.149. The van der Waals surface area contributed by atoms with Gasteiger partial charge in [-0.1, -0.05) is 0 Å².